The van der Waals surface area contributed by atoms with Crippen LogP contribution in [0.5, 0.6) is 5.75 Å². The van der Waals surface area contributed by atoms with E-state index in [2.05, 4.69) is 15.9 Å². The molecule has 2 fully saturated rings. The Morgan fingerprint density at radius 1 is 1.50 bits per heavy atom. The van der Waals surface area contributed by atoms with Gasteiger partial charge in [-0.25, -0.2) is 0 Å². The van der Waals surface area contributed by atoms with Gasteiger partial charge in [-0.2, -0.15) is 11.8 Å². The molecule has 0 radical (unpaired) electrons. The molecule has 3 rings (SSSR count). The van der Waals surface area contributed by atoms with Gasteiger partial charge in [0.25, 0.3) is 0 Å². The molecule has 5 heteroatoms. The molecular formula is C15H18BrClO2S. The van der Waals surface area contributed by atoms with Gasteiger partial charge in [0.2, 0.25) is 0 Å². The van der Waals surface area contributed by atoms with E-state index in [9.17, 15) is 0 Å². The molecule has 1 aromatic carbocycles. The molecule has 20 heavy (non-hydrogen) atoms. The van der Waals surface area contributed by atoms with Crippen LogP contribution in [0.4, 0.5) is 0 Å². The zero-order chi connectivity index (χ0) is 14.0. The molecule has 0 aromatic heterocycles. The standard InChI is InChI=1S/C15H18BrClO2S/c16-9-11-7-12(17)1-2-14(11)19-13-3-5-18-15(8-13)4-6-20-10-15/h1-2,7,13H,3-6,8-10H2. The second-order valence-electron chi connectivity index (χ2n) is 5.45. The van der Waals surface area contributed by atoms with Crippen molar-refractivity contribution in [2.45, 2.75) is 36.3 Å². The number of hydrogen-bond donors (Lipinski definition) is 0. The average molecular weight is 378 g/mol. The molecule has 2 saturated heterocycles. The Morgan fingerprint density at radius 2 is 2.40 bits per heavy atom. The predicted octanol–water partition coefficient (Wildman–Crippen LogP) is 4.67. The summed E-state index contributed by atoms with van der Waals surface area (Å²) in [5, 5.41) is 1.51. The third kappa shape index (κ3) is 3.29. The Labute approximate surface area is 137 Å². The molecule has 0 bridgehead atoms. The van der Waals surface area contributed by atoms with Gasteiger partial charge < -0.3 is 9.47 Å². The van der Waals surface area contributed by atoms with Crippen LogP contribution >= 0.6 is 39.3 Å². The monoisotopic (exact) mass is 376 g/mol. The van der Waals surface area contributed by atoms with Crippen molar-refractivity contribution in [3.05, 3.63) is 28.8 Å². The van der Waals surface area contributed by atoms with E-state index in [0.717, 1.165) is 53.3 Å². The van der Waals surface area contributed by atoms with E-state index < -0.39 is 0 Å². The van der Waals surface area contributed by atoms with Gasteiger partial charge in [-0.1, -0.05) is 27.5 Å². The van der Waals surface area contributed by atoms with Crippen LogP contribution in [0.3, 0.4) is 0 Å². The third-order valence-electron chi connectivity index (χ3n) is 3.98. The minimum atomic E-state index is 0.0641. The van der Waals surface area contributed by atoms with E-state index in [0.29, 0.717) is 0 Å². The Morgan fingerprint density at radius 3 is 3.15 bits per heavy atom. The maximum absolute atomic E-state index is 6.24. The van der Waals surface area contributed by atoms with Crippen LogP contribution in [0.2, 0.25) is 5.02 Å². The zero-order valence-electron chi connectivity index (χ0n) is 11.2. The Bertz CT molecular complexity index is 477. The number of alkyl halides is 1. The zero-order valence-corrected chi connectivity index (χ0v) is 14.4. The molecule has 2 atom stereocenters. The van der Waals surface area contributed by atoms with Gasteiger partial charge in [-0.05, 0) is 30.4 Å². The number of halogens is 2. The summed E-state index contributed by atoms with van der Waals surface area (Å²) in [6.07, 6.45) is 3.38. The average Bonchev–Trinajstić information content (AvgIpc) is 2.89. The maximum Gasteiger partial charge on any atom is 0.123 e. The van der Waals surface area contributed by atoms with Crippen molar-refractivity contribution in [3.63, 3.8) is 0 Å². The molecule has 0 N–H and O–H groups in total. The highest BCUT2D eigenvalue weighted by Gasteiger charge is 2.41. The van der Waals surface area contributed by atoms with E-state index in [-0.39, 0.29) is 11.7 Å². The number of hydrogen-bond acceptors (Lipinski definition) is 3. The van der Waals surface area contributed by atoms with Crippen LogP contribution in [0, 0.1) is 0 Å². The summed E-state index contributed by atoms with van der Waals surface area (Å²) in [5.74, 6) is 3.26. The highest BCUT2D eigenvalue weighted by atomic mass is 79.9. The number of rotatable bonds is 3. The summed E-state index contributed by atoms with van der Waals surface area (Å²) in [6, 6.07) is 5.83. The predicted molar refractivity (Wildman–Crippen MR) is 88.4 cm³/mol. The Kier molecular flexibility index (Phi) is 4.86. The molecule has 110 valence electrons. The molecular weight excluding hydrogens is 360 g/mol. The fourth-order valence-corrected chi connectivity index (χ4v) is 4.90. The smallest absolute Gasteiger partial charge is 0.123 e. The van der Waals surface area contributed by atoms with Crippen LogP contribution in [-0.4, -0.2) is 29.8 Å². The van der Waals surface area contributed by atoms with Crippen molar-refractivity contribution in [1.82, 2.24) is 0 Å². The summed E-state index contributed by atoms with van der Waals surface area (Å²) in [4.78, 5) is 0. The first-order valence-corrected chi connectivity index (χ1v) is 9.59. The van der Waals surface area contributed by atoms with E-state index in [1.165, 1.54) is 5.75 Å². The second kappa shape index (κ2) is 6.47. The topological polar surface area (TPSA) is 18.5 Å². The summed E-state index contributed by atoms with van der Waals surface area (Å²) < 4.78 is 12.3. The lowest BCUT2D eigenvalue weighted by atomic mass is 9.91. The van der Waals surface area contributed by atoms with Gasteiger partial charge in [0.05, 0.1) is 12.2 Å². The van der Waals surface area contributed by atoms with Gasteiger partial charge in [-0.15, -0.1) is 0 Å². The minimum Gasteiger partial charge on any atom is -0.490 e. The third-order valence-corrected chi connectivity index (χ3v) is 6.04. The molecule has 0 aliphatic carbocycles. The minimum absolute atomic E-state index is 0.0641. The SMILES string of the molecule is Clc1ccc(OC2CCOC3(CCSC3)C2)c(CBr)c1. The van der Waals surface area contributed by atoms with Crippen LogP contribution in [0.15, 0.2) is 18.2 Å². The van der Waals surface area contributed by atoms with Crippen LogP contribution in [0.1, 0.15) is 24.8 Å². The van der Waals surface area contributed by atoms with Gasteiger partial charge in [-0.3, -0.25) is 0 Å². The fraction of sp³-hybridized carbons (Fsp3) is 0.600. The summed E-state index contributed by atoms with van der Waals surface area (Å²) >= 11 is 11.5. The van der Waals surface area contributed by atoms with Gasteiger partial charge >= 0.3 is 0 Å². The largest absolute Gasteiger partial charge is 0.490 e. The van der Waals surface area contributed by atoms with Crippen molar-refractivity contribution in [1.29, 1.82) is 0 Å². The highest BCUT2D eigenvalue weighted by Crippen LogP contribution is 2.39. The van der Waals surface area contributed by atoms with E-state index in [4.69, 9.17) is 21.1 Å². The van der Waals surface area contributed by atoms with Crippen molar-refractivity contribution in [3.8, 4) is 5.75 Å². The molecule has 2 nitrogen and oxygen atoms in total. The first kappa shape index (κ1) is 15.0. The summed E-state index contributed by atoms with van der Waals surface area (Å²) in [7, 11) is 0. The maximum atomic E-state index is 6.24. The van der Waals surface area contributed by atoms with Crippen molar-refractivity contribution < 1.29 is 9.47 Å². The quantitative estimate of drug-likeness (QED) is 0.713. The molecule has 2 aliphatic heterocycles. The van der Waals surface area contributed by atoms with E-state index in [1.807, 2.05) is 30.0 Å². The first-order valence-electron chi connectivity index (χ1n) is 6.93. The van der Waals surface area contributed by atoms with Gasteiger partial charge in [0, 0.05) is 34.5 Å². The number of ether oxygens (including phenoxy) is 2. The summed E-state index contributed by atoms with van der Waals surface area (Å²) in [5.41, 5.74) is 1.17. The van der Waals surface area contributed by atoms with Crippen molar-refractivity contribution in [2.24, 2.45) is 0 Å². The molecule has 2 aliphatic rings. The molecule has 1 spiro atoms. The first-order chi connectivity index (χ1) is 9.71. The molecule has 1 aromatic rings. The molecule has 0 amide bonds. The van der Waals surface area contributed by atoms with Crippen LogP contribution < -0.4 is 4.74 Å². The van der Waals surface area contributed by atoms with Gasteiger partial charge in [0.15, 0.2) is 0 Å². The van der Waals surface area contributed by atoms with Crippen LogP contribution in [0.25, 0.3) is 0 Å². The second-order valence-corrected chi connectivity index (χ2v) is 7.55. The van der Waals surface area contributed by atoms with Gasteiger partial charge in [0.1, 0.15) is 11.9 Å². The highest BCUT2D eigenvalue weighted by molar-refractivity contribution is 9.08. The lowest BCUT2D eigenvalue weighted by Gasteiger charge is -2.37. The lowest BCUT2D eigenvalue weighted by molar-refractivity contribution is -0.0960. The number of benzene rings is 1. The Balaban J connectivity index is 1.71. The molecule has 2 heterocycles. The van der Waals surface area contributed by atoms with E-state index in [1.54, 1.807) is 0 Å². The lowest BCUT2D eigenvalue weighted by Crippen LogP contribution is -2.43. The number of thioether (sulfide) groups is 1. The fourth-order valence-electron chi connectivity index (χ4n) is 2.89. The molecule has 2 unspecified atom stereocenters. The van der Waals surface area contributed by atoms with Crippen molar-refractivity contribution >= 4 is 39.3 Å². The van der Waals surface area contributed by atoms with E-state index >= 15 is 0 Å². The summed E-state index contributed by atoms with van der Waals surface area (Å²) in [6.45, 7) is 0.808. The normalized spacial score (nSPS) is 29.8. The van der Waals surface area contributed by atoms with Crippen LogP contribution in [-0.2, 0) is 10.1 Å². The molecule has 0 saturated carbocycles. The van der Waals surface area contributed by atoms with Crippen molar-refractivity contribution in [2.75, 3.05) is 18.1 Å². The Hall–Kier alpha value is 0.1000.